The van der Waals surface area contributed by atoms with Gasteiger partial charge in [0.15, 0.2) is 0 Å². The van der Waals surface area contributed by atoms with Gasteiger partial charge in [0, 0.05) is 12.0 Å². The number of hydrogen-bond donors (Lipinski definition) is 2. The molecule has 2 N–H and O–H groups in total. The highest BCUT2D eigenvalue weighted by atomic mass is 16.3. The first-order chi connectivity index (χ1) is 14.8. The van der Waals surface area contributed by atoms with Crippen LogP contribution < -0.4 is 0 Å². The Bertz CT molecular complexity index is 810. The molecule has 0 aromatic heterocycles. The van der Waals surface area contributed by atoms with Crippen LogP contribution in [0.1, 0.15) is 113 Å². The fraction of sp³-hybridized carbons (Fsp3) is 0.933. The zero-order valence-electron chi connectivity index (χ0n) is 22.1. The summed E-state index contributed by atoms with van der Waals surface area (Å²) in [4.78, 5) is 0. The molecule has 0 saturated heterocycles. The SMILES string of the molecule is CC1(C)CC[C@]2(CO)CC[C@]3(C)C(=CC[C@H]4[C@@]5(C)CC[C@H](O)C(C)(C)[C@@H]5CC[C@]43C)[C@@H]2C1. The zero-order chi connectivity index (χ0) is 23.4. The van der Waals surface area contributed by atoms with E-state index in [4.69, 9.17) is 0 Å². The van der Waals surface area contributed by atoms with Gasteiger partial charge in [-0.25, -0.2) is 0 Å². The Balaban J connectivity index is 1.58. The van der Waals surface area contributed by atoms with Crippen LogP contribution in [0.25, 0.3) is 0 Å². The standard InChI is InChI=1S/C30H50O2/c1-25(2)14-16-30(19-31)17-15-28(6)20(21(30)18-25)8-9-23-27(5)12-11-24(32)26(3,4)22(27)10-13-29(23,28)7/h8,21-24,31-32H,9-19H2,1-7H3/t21-,22-,23-,24-,27-,28+,29+,30+/m0/s1. The van der Waals surface area contributed by atoms with E-state index in [-0.39, 0.29) is 22.3 Å². The van der Waals surface area contributed by atoms with Crippen molar-refractivity contribution in [2.75, 3.05) is 6.61 Å². The lowest BCUT2D eigenvalue weighted by atomic mass is 9.33. The average Bonchev–Trinajstić information content (AvgIpc) is 2.71. The molecule has 0 unspecified atom stereocenters. The predicted octanol–water partition coefficient (Wildman–Crippen LogP) is 7.14. The maximum atomic E-state index is 10.9. The lowest BCUT2D eigenvalue weighted by Gasteiger charge is -2.71. The molecule has 182 valence electrons. The summed E-state index contributed by atoms with van der Waals surface area (Å²) in [5.41, 5.74) is 3.16. The molecular weight excluding hydrogens is 392 g/mol. The summed E-state index contributed by atoms with van der Waals surface area (Å²) in [7, 11) is 0. The third-order valence-corrected chi connectivity index (χ3v) is 13.1. The van der Waals surface area contributed by atoms with Crippen molar-refractivity contribution in [1.82, 2.24) is 0 Å². The molecule has 0 heterocycles. The molecule has 0 amide bonds. The Morgan fingerprint density at radius 1 is 0.844 bits per heavy atom. The molecule has 5 rings (SSSR count). The molecule has 8 atom stereocenters. The fourth-order valence-electron chi connectivity index (χ4n) is 10.6. The smallest absolute Gasteiger partial charge is 0.0594 e. The van der Waals surface area contributed by atoms with Crippen LogP contribution in [0.5, 0.6) is 0 Å². The van der Waals surface area contributed by atoms with Crippen molar-refractivity contribution in [1.29, 1.82) is 0 Å². The Morgan fingerprint density at radius 3 is 2.22 bits per heavy atom. The Labute approximate surface area is 197 Å². The maximum Gasteiger partial charge on any atom is 0.0594 e. The van der Waals surface area contributed by atoms with Gasteiger partial charge in [-0.3, -0.25) is 0 Å². The van der Waals surface area contributed by atoms with Crippen molar-refractivity contribution < 1.29 is 10.2 Å². The van der Waals surface area contributed by atoms with E-state index in [2.05, 4.69) is 54.5 Å². The Kier molecular flexibility index (Phi) is 5.02. The molecule has 32 heavy (non-hydrogen) atoms. The largest absolute Gasteiger partial charge is 0.396 e. The number of aliphatic hydroxyl groups is 2. The van der Waals surface area contributed by atoms with Gasteiger partial charge in [-0.05, 0) is 109 Å². The Morgan fingerprint density at radius 2 is 1.53 bits per heavy atom. The number of fused-ring (bicyclic) bond motifs is 7. The highest BCUT2D eigenvalue weighted by molar-refractivity contribution is 5.33. The van der Waals surface area contributed by atoms with E-state index < -0.39 is 0 Å². The zero-order valence-corrected chi connectivity index (χ0v) is 22.1. The Hall–Kier alpha value is -0.340. The highest BCUT2D eigenvalue weighted by Gasteiger charge is 2.68. The topological polar surface area (TPSA) is 40.5 Å². The molecule has 2 nitrogen and oxygen atoms in total. The molecule has 0 aromatic carbocycles. The van der Waals surface area contributed by atoms with E-state index in [0.717, 1.165) is 6.42 Å². The fourth-order valence-corrected chi connectivity index (χ4v) is 10.6. The molecule has 0 aliphatic heterocycles. The molecule has 5 aliphatic carbocycles. The quantitative estimate of drug-likeness (QED) is 0.424. The number of allylic oxidation sites excluding steroid dienone is 2. The van der Waals surface area contributed by atoms with E-state index in [9.17, 15) is 10.2 Å². The van der Waals surface area contributed by atoms with Crippen molar-refractivity contribution in [3.8, 4) is 0 Å². The molecule has 0 bridgehead atoms. The second-order valence-corrected chi connectivity index (χ2v) is 15.1. The van der Waals surface area contributed by atoms with Gasteiger partial charge in [0.1, 0.15) is 0 Å². The number of rotatable bonds is 1. The minimum absolute atomic E-state index is 0.0191. The minimum Gasteiger partial charge on any atom is -0.396 e. The van der Waals surface area contributed by atoms with Crippen LogP contribution in [-0.4, -0.2) is 22.9 Å². The molecule has 0 spiro atoms. The lowest BCUT2D eigenvalue weighted by Crippen LogP contribution is -2.64. The van der Waals surface area contributed by atoms with Gasteiger partial charge >= 0.3 is 0 Å². The van der Waals surface area contributed by atoms with Gasteiger partial charge in [-0.1, -0.05) is 60.1 Å². The number of aliphatic hydroxyl groups excluding tert-OH is 2. The highest BCUT2D eigenvalue weighted by Crippen LogP contribution is 2.75. The van der Waals surface area contributed by atoms with Crippen molar-refractivity contribution >= 4 is 0 Å². The second-order valence-electron chi connectivity index (χ2n) is 15.1. The number of hydrogen-bond acceptors (Lipinski definition) is 2. The van der Waals surface area contributed by atoms with Gasteiger partial charge in [-0.15, -0.1) is 0 Å². The summed E-state index contributed by atoms with van der Waals surface area (Å²) < 4.78 is 0. The minimum atomic E-state index is -0.153. The summed E-state index contributed by atoms with van der Waals surface area (Å²) in [6.07, 6.45) is 14.6. The molecule has 0 radical (unpaired) electrons. The summed E-state index contributed by atoms with van der Waals surface area (Å²) >= 11 is 0. The van der Waals surface area contributed by atoms with Crippen molar-refractivity contribution in [2.45, 2.75) is 119 Å². The van der Waals surface area contributed by atoms with Crippen molar-refractivity contribution in [3.05, 3.63) is 11.6 Å². The molecule has 5 aliphatic rings. The second kappa shape index (κ2) is 6.87. The van der Waals surface area contributed by atoms with E-state index in [0.29, 0.717) is 40.6 Å². The summed E-state index contributed by atoms with van der Waals surface area (Å²) in [6, 6.07) is 0. The lowest BCUT2D eigenvalue weighted by molar-refractivity contribution is -0.204. The van der Waals surface area contributed by atoms with Crippen molar-refractivity contribution in [2.24, 2.45) is 50.2 Å². The molecular formula is C30H50O2. The normalized spacial score (nSPS) is 53.8. The van der Waals surface area contributed by atoms with E-state index in [1.807, 2.05) is 0 Å². The van der Waals surface area contributed by atoms with Gasteiger partial charge in [-0.2, -0.15) is 0 Å². The van der Waals surface area contributed by atoms with Gasteiger partial charge in [0.2, 0.25) is 0 Å². The van der Waals surface area contributed by atoms with E-state index >= 15 is 0 Å². The van der Waals surface area contributed by atoms with Gasteiger partial charge in [0.25, 0.3) is 0 Å². The third-order valence-electron chi connectivity index (χ3n) is 13.1. The van der Waals surface area contributed by atoms with Crippen LogP contribution in [0.3, 0.4) is 0 Å². The third kappa shape index (κ3) is 2.78. The van der Waals surface area contributed by atoms with Crippen LogP contribution >= 0.6 is 0 Å². The molecule has 0 aromatic rings. The van der Waals surface area contributed by atoms with Crippen LogP contribution in [0.15, 0.2) is 11.6 Å². The summed E-state index contributed by atoms with van der Waals surface area (Å²) in [5.74, 6) is 1.87. The predicted molar refractivity (Wildman–Crippen MR) is 132 cm³/mol. The van der Waals surface area contributed by atoms with Crippen LogP contribution in [0.2, 0.25) is 0 Å². The van der Waals surface area contributed by atoms with Crippen LogP contribution in [0.4, 0.5) is 0 Å². The first kappa shape index (κ1) is 23.4. The van der Waals surface area contributed by atoms with Crippen molar-refractivity contribution in [3.63, 3.8) is 0 Å². The van der Waals surface area contributed by atoms with Crippen LogP contribution in [-0.2, 0) is 0 Å². The van der Waals surface area contributed by atoms with E-state index in [1.54, 1.807) is 5.57 Å². The van der Waals surface area contributed by atoms with E-state index in [1.165, 1.54) is 57.8 Å². The van der Waals surface area contributed by atoms with Gasteiger partial charge in [0.05, 0.1) is 6.10 Å². The summed E-state index contributed by atoms with van der Waals surface area (Å²) in [5, 5.41) is 21.5. The maximum absolute atomic E-state index is 10.9. The average molecular weight is 443 g/mol. The first-order valence-electron chi connectivity index (χ1n) is 13.8. The molecule has 4 saturated carbocycles. The van der Waals surface area contributed by atoms with Gasteiger partial charge < -0.3 is 10.2 Å². The molecule has 2 heteroatoms. The molecule has 4 fully saturated rings. The monoisotopic (exact) mass is 442 g/mol. The summed E-state index contributed by atoms with van der Waals surface area (Å²) in [6.45, 7) is 17.8. The van der Waals surface area contributed by atoms with Crippen LogP contribution in [0, 0.1) is 50.2 Å². The first-order valence-corrected chi connectivity index (χ1v) is 13.8.